The first kappa shape index (κ1) is 36.0. The Balaban J connectivity index is 3.64. The van der Waals surface area contributed by atoms with E-state index in [1.165, 1.54) is 205 Å². The maximum absolute atomic E-state index is 2.34. The van der Waals surface area contributed by atoms with Crippen LogP contribution in [0.4, 0.5) is 0 Å². The molecule has 0 bridgehead atoms. The van der Waals surface area contributed by atoms with Gasteiger partial charge in [-0.2, -0.15) is 0 Å². The maximum Gasteiger partial charge on any atom is -0.0414 e. The third-order valence-corrected chi connectivity index (χ3v) is 8.65. The smallest absolute Gasteiger partial charge is 0.0414 e. The van der Waals surface area contributed by atoms with E-state index in [1.54, 1.807) is 0 Å². The fraction of sp³-hybridized carbons (Fsp3) is 1.00. The normalized spacial score (nSPS) is 12.4. The van der Waals surface area contributed by atoms with E-state index in [2.05, 4.69) is 20.8 Å². The Morgan fingerprint density at radius 2 is 0.389 bits per heavy atom. The lowest BCUT2D eigenvalue weighted by Gasteiger charge is -2.17. The molecule has 1 unspecified atom stereocenters. The molecule has 0 spiro atoms. The van der Waals surface area contributed by atoms with Gasteiger partial charge in [-0.05, 0) is 5.92 Å². The molecule has 0 aliphatic heterocycles. The molecule has 0 aromatic rings. The van der Waals surface area contributed by atoms with Gasteiger partial charge in [0.25, 0.3) is 0 Å². The fourth-order valence-electron chi connectivity index (χ4n) is 6.02. The van der Waals surface area contributed by atoms with Gasteiger partial charge in [0.15, 0.2) is 0 Å². The molecule has 0 heterocycles. The summed E-state index contributed by atoms with van der Waals surface area (Å²) < 4.78 is 0. The van der Waals surface area contributed by atoms with Crippen LogP contribution >= 0.6 is 0 Å². The monoisotopic (exact) mass is 507 g/mol. The van der Waals surface area contributed by atoms with Crippen LogP contribution in [0, 0.1) is 5.92 Å². The molecule has 218 valence electrons. The van der Waals surface area contributed by atoms with Crippen molar-refractivity contribution in [1.29, 1.82) is 0 Å². The van der Waals surface area contributed by atoms with Crippen LogP contribution in [0.3, 0.4) is 0 Å². The van der Waals surface area contributed by atoms with Crippen molar-refractivity contribution in [3.63, 3.8) is 0 Å². The lowest BCUT2D eigenvalue weighted by Crippen LogP contribution is -2.01. The Morgan fingerprint density at radius 3 is 0.611 bits per heavy atom. The zero-order valence-electron chi connectivity index (χ0n) is 26.2. The molecule has 0 saturated carbocycles. The molecule has 0 rings (SSSR count). The summed E-state index contributed by atoms with van der Waals surface area (Å²) in [6.45, 7) is 6.97. The van der Waals surface area contributed by atoms with E-state index in [-0.39, 0.29) is 0 Å². The van der Waals surface area contributed by atoms with Gasteiger partial charge in [-0.15, -0.1) is 0 Å². The van der Waals surface area contributed by atoms with E-state index < -0.39 is 0 Å². The van der Waals surface area contributed by atoms with Crippen molar-refractivity contribution in [1.82, 2.24) is 0 Å². The molecule has 0 heteroatoms. The largest absolute Gasteiger partial charge is 0.0654 e. The van der Waals surface area contributed by atoms with Gasteiger partial charge in [0, 0.05) is 0 Å². The van der Waals surface area contributed by atoms with Crippen molar-refractivity contribution in [3.05, 3.63) is 0 Å². The minimum Gasteiger partial charge on any atom is -0.0654 e. The third-order valence-electron chi connectivity index (χ3n) is 8.65. The van der Waals surface area contributed by atoms with Crippen LogP contribution in [0.15, 0.2) is 0 Å². The highest BCUT2D eigenvalue weighted by Gasteiger charge is 2.08. The minimum absolute atomic E-state index is 1.04. The van der Waals surface area contributed by atoms with E-state index in [0.29, 0.717) is 0 Å². The number of unbranched alkanes of at least 4 members (excludes halogenated alkanes) is 26. The summed E-state index contributed by atoms with van der Waals surface area (Å²) in [5.41, 5.74) is 0. The molecular weight excluding hydrogens is 432 g/mol. The van der Waals surface area contributed by atoms with Gasteiger partial charge in [-0.3, -0.25) is 0 Å². The van der Waals surface area contributed by atoms with Gasteiger partial charge in [-0.25, -0.2) is 0 Å². The second kappa shape index (κ2) is 33.0. The number of rotatable bonds is 32. The summed E-state index contributed by atoms with van der Waals surface area (Å²) in [5, 5.41) is 0. The molecule has 0 aromatic heterocycles. The van der Waals surface area contributed by atoms with E-state index in [4.69, 9.17) is 0 Å². The average Bonchev–Trinajstić information content (AvgIpc) is 2.89. The highest BCUT2D eigenvalue weighted by molar-refractivity contribution is 4.62. The number of hydrogen-bond acceptors (Lipinski definition) is 0. The fourth-order valence-corrected chi connectivity index (χ4v) is 6.02. The van der Waals surface area contributed by atoms with Gasteiger partial charge in [0.1, 0.15) is 0 Å². The van der Waals surface area contributed by atoms with Crippen LogP contribution in [0.1, 0.15) is 226 Å². The molecule has 1 atom stereocenters. The van der Waals surface area contributed by atoms with Gasteiger partial charge in [-0.1, -0.05) is 226 Å². The molecule has 0 aromatic carbocycles. The standard InChI is InChI=1S/C36H74/c1-4-7-10-13-15-17-19-21-23-25-27-29-32-35-36(33-30-12-9-6-3)34-31-28-26-24-22-20-18-16-14-11-8-5-2/h36H,4-35H2,1-3H3. The van der Waals surface area contributed by atoms with E-state index in [1.807, 2.05) is 0 Å². The molecule has 0 fully saturated rings. The van der Waals surface area contributed by atoms with Crippen LogP contribution in [-0.2, 0) is 0 Å². The lowest BCUT2D eigenvalue weighted by molar-refractivity contribution is 0.366. The molecular formula is C36H74. The first-order chi connectivity index (χ1) is 17.8. The second-order valence-corrected chi connectivity index (χ2v) is 12.4. The summed E-state index contributed by atoms with van der Waals surface area (Å²) in [7, 11) is 0. The summed E-state index contributed by atoms with van der Waals surface area (Å²) >= 11 is 0. The SMILES string of the molecule is CCCCCCCCCCCCCCCC(CCCCCC)CCCCCCCCCCCCCC. The molecule has 0 aliphatic carbocycles. The molecule has 0 nitrogen and oxygen atoms in total. The lowest BCUT2D eigenvalue weighted by atomic mass is 9.89. The summed E-state index contributed by atoms with van der Waals surface area (Å²) in [4.78, 5) is 0. The van der Waals surface area contributed by atoms with E-state index in [9.17, 15) is 0 Å². The van der Waals surface area contributed by atoms with Gasteiger partial charge in [0.05, 0.1) is 0 Å². The Bertz CT molecular complexity index is 359. The van der Waals surface area contributed by atoms with Crippen LogP contribution < -0.4 is 0 Å². The van der Waals surface area contributed by atoms with Crippen molar-refractivity contribution >= 4 is 0 Å². The quantitative estimate of drug-likeness (QED) is 0.0795. The second-order valence-electron chi connectivity index (χ2n) is 12.4. The van der Waals surface area contributed by atoms with Crippen LogP contribution in [0.2, 0.25) is 0 Å². The van der Waals surface area contributed by atoms with Crippen molar-refractivity contribution in [2.45, 2.75) is 226 Å². The predicted molar refractivity (Wildman–Crippen MR) is 168 cm³/mol. The Kier molecular flexibility index (Phi) is 33.0. The third kappa shape index (κ3) is 30.2. The molecule has 0 amide bonds. The Labute approximate surface area is 232 Å². The highest BCUT2D eigenvalue weighted by atomic mass is 14.1. The van der Waals surface area contributed by atoms with Crippen LogP contribution in [0.25, 0.3) is 0 Å². The zero-order valence-corrected chi connectivity index (χ0v) is 26.2. The predicted octanol–water partition coefficient (Wildman–Crippen LogP) is 14.1. The van der Waals surface area contributed by atoms with Crippen LogP contribution in [-0.4, -0.2) is 0 Å². The molecule has 36 heavy (non-hydrogen) atoms. The zero-order chi connectivity index (χ0) is 26.2. The topological polar surface area (TPSA) is 0 Å². The molecule has 0 aliphatic rings. The average molecular weight is 507 g/mol. The first-order valence-electron chi connectivity index (χ1n) is 17.8. The Morgan fingerprint density at radius 1 is 0.222 bits per heavy atom. The minimum atomic E-state index is 1.04. The molecule has 0 saturated heterocycles. The first-order valence-corrected chi connectivity index (χ1v) is 17.8. The van der Waals surface area contributed by atoms with Crippen molar-refractivity contribution in [2.75, 3.05) is 0 Å². The van der Waals surface area contributed by atoms with E-state index in [0.717, 1.165) is 5.92 Å². The van der Waals surface area contributed by atoms with Gasteiger partial charge >= 0.3 is 0 Å². The molecule has 0 radical (unpaired) electrons. The van der Waals surface area contributed by atoms with Gasteiger partial charge in [0.2, 0.25) is 0 Å². The maximum atomic E-state index is 2.34. The summed E-state index contributed by atoms with van der Waals surface area (Å²) in [5.74, 6) is 1.04. The molecule has 0 N–H and O–H groups in total. The van der Waals surface area contributed by atoms with Gasteiger partial charge < -0.3 is 0 Å². The van der Waals surface area contributed by atoms with Crippen molar-refractivity contribution in [2.24, 2.45) is 5.92 Å². The van der Waals surface area contributed by atoms with Crippen molar-refractivity contribution < 1.29 is 0 Å². The number of hydrogen-bond donors (Lipinski definition) is 0. The summed E-state index contributed by atoms with van der Waals surface area (Å²) in [6.07, 6.45) is 47.3. The Hall–Kier alpha value is 0. The van der Waals surface area contributed by atoms with Crippen molar-refractivity contribution in [3.8, 4) is 0 Å². The summed E-state index contributed by atoms with van der Waals surface area (Å²) in [6, 6.07) is 0. The highest BCUT2D eigenvalue weighted by Crippen LogP contribution is 2.25. The van der Waals surface area contributed by atoms with Crippen LogP contribution in [0.5, 0.6) is 0 Å². The van der Waals surface area contributed by atoms with E-state index >= 15 is 0 Å².